The maximum Gasteiger partial charge on any atom is 0.236 e. The van der Waals surface area contributed by atoms with Crippen molar-refractivity contribution in [3.63, 3.8) is 0 Å². The number of hydrogen-bond acceptors (Lipinski definition) is 5. The Morgan fingerprint density at radius 2 is 2.18 bits per heavy atom. The van der Waals surface area contributed by atoms with Crippen molar-refractivity contribution in [2.45, 2.75) is 26.8 Å². The quantitative estimate of drug-likeness (QED) is 0.443. The standard InChI is InChI=1S/C21H26N4O2S/c1-4-22-21(23-10-9-16-8-7-15(2)18(12-16)26-3)24-13-17-14-27-20(25-17)19-6-5-11-28-19/h5-8,11-12,14H,4,9-10,13H2,1-3H3,(H2,22,23,24). The molecular weight excluding hydrogens is 372 g/mol. The minimum absolute atomic E-state index is 0.461. The molecule has 7 heteroatoms. The maximum absolute atomic E-state index is 5.55. The number of aliphatic imine (C=N–C) groups is 1. The lowest BCUT2D eigenvalue weighted by Crippen LogP contribution is -2.38. The van der Waals surface area contributed by atoms with Crippen molar-refractivity contribution < 1.29 is 9.15 Å². The summed E-state index contributed by atoms with van der Waals surface area (Å²) in [5.41, 5.74) is 3.18. The summed E-state index contributed by atoms with van der Waals surface area (Å²) in [7, 11) is 1.70. The van der Waals surface area contributed by atoms with E-state index in [1.165, 1.54) is 5.56 Å². The summed E-state index contributed by atoms with van der Waals surface area (Å²) in [4.78, 5) is 10.1. The van der Waals surface area contributed by atoms with Crippen LogP contribution < -0.4 is 15.4 Å². The van der Waals surface area contributed by atoms with Crippen molar-refractivity contribution in [2.75, 3.05) is 20.2 Å². The highest BCUT2D eigenvalue weighted by molar-refractivity contribution is 7.13. The van der Waals surface area contributed by atoms with Gasteiger partial charge in [0.2, 0.25) is 5.89 Å². The average Bonchev–Trinajstić information content (AvgIpc) is 3.39. The lowest BCUT2D eigenvalue weighted by molar-refractivity contribution is 0.411. The van der Waals surface area contributed by atoms with E-state index in [0.29, 0.717) is 12.4 Å². The Kier molecular flexibility index (Phi) is 7.08. The second-order valence-corrected chi connectivity index (χ2v) is 7.24. The summed E-state index contributed by atoms with van der Waals surface area (Å²) in [6.07, 6.45) is 2.55. The number of rotatable bonds is 8. The highest BCUT2D eigenvalue weighted by atomic mass is 32.1. The SMILES string of the molecule is CCNC(=NCc1coc(-c2cccs2)n1)NCCc1ccc(C)c(OC)c1. The van der Waals surface area contributed by atoms with Crippen LogP contribution in [0.5, 0.6) is 5.75 Å². The molecule has 0 atom stereocenters. The Morgan fingerprint density at radius 3 is 2.93 bits per heavy atom. The number of methoxy groups -OCH3 is 1. The van der Waals surface area contributed by atoms with Crippen molar-refractivity contribution in [3.05, 3.63) is 58.8 Å². The molecule has 2 aromatic heterocycles. The van der Waals surface area contributed by atoms with Crippen molar-refractivity contribution >= 4 is 17.3 Å². The number of thiophene rings is 1. The molecule has 3 rings (SSSR count). The third-order valence-electron chi connectivity index (χ3n) is 4.21. The molecule has 0 saturated heterocycles. The second kappa shape index (κ2) is 9.94. The maximum atomic E-state index is 5.55. The van der Waals surface area contributed by atoms with Gasteiger partial charge in [-0.1, -0.05) is 18.2 Å². The third kappa shape index (κ3) is 5.36. The molecule has 3 aromatic rings. The monoisotopic (exact) mass is 398 g/mol. The minimum atomic E-state index is 0.461. The van der Waals surface area contributed by atoms with E-state index >= 15 is 0 Å². The number of nitrogens with one attached hydrogen (secondary N) is 2. The first kappa shape index (κ1) is 19.9. The summed E-state index contributed by atoms with van der Waals surface area (Å²) >= 11 is 1.61. The Labute approximate surface area is 169 Å². The van der Waals surface area contributed by atoms with Crippen LogP contribution in [0.2, 0.25) is 0 Å². The van der Waals surface area contributed by atoms with E-state index in [4.69, 9.17) is 9.15 Å². The first-order chi connectivity index (χ1) is 13.7. The molecule has 0 fully saturated rings. The number of oxazole rings is 1. The van der Waals surface area contributed by atoms with E-state index in [1.54, 1.807) is 24.7 Å². The predicted octanol–water partition coefficient (Wildman–Crippen LogP) is 4.02. The van der Waals surface area contributed by atoms with Crippen molar-refractivity contribution in [1.29, 1.82) is 0 Å². The van der Waals surface area contributed by atoms with Crippen LogP contribution >= 0.6 is 11.3 Å². The fourth-order valence-electron chi connectivity index (χ4n) is 2.74. The van der Waals surface area contributed by atoms with Gasteiger partial charge in [-0.3, -0.25) is 0 Å². The van der Waals surface area contributed by atoms with Gasteiger partial charge in [0, 0.05) is 13.1 Å². The van der Waals surface area contributed by atoms with Gasteiger partial charge in [0.25, 0.3) is 0 Å². The number of ether oxygens (including phenoxy) is 1. The van der Waals surface area contributed by atoms with Crippen molar-refractivity contribution in [1.82, 2.24) is 15.6 Å². The molecule has 6 nitrogen and oxygen atoms in total. The minimum Gasteiger partial charge on any atom is -0.496 e. The van der Waals surface area contributed by atoms with Crippen LogP contribution in [-0.4, -0.2) is 31.1 Å². The lowest BCUT2D eigenvalue weighted by atomic mass is 10.1. The van der Waals surface area contributed by atoms with E-state index in [9.17, 15) is 0 Å². The predicted molar refractivity (Wildman–Crippen MR) is 114 cm³/mol. The molecule has 0 spiro atoms. The zero-order valence-electron chi connectivity index (χ0n) is 16.5. The molecule has 0 bridgehead atoms. The largest absolute Gasteiger partial charge is 0.496 e. The highest BCUT2D eigenvalue weighted by Gasteiger charge is 2.07. The van der Waals surface area contributed by atoms with Crippen LogP contribution in [0, 0.1) is 6.92 Å². The Hall–Kier alpha value is -2.80. The first-order valence-corrected chi connectivity index (χ1v) is 10.2. The van der Waals surface area contributed by atoms with E-state index < -0.39 is 0 Å². The van der Waals surface area contributed by atoms with Crippen LogP contribution in [0.4, 0.5) is 0 Å². The zero-order valence-corrected chi connectivity index (χ0v) is 17.3. The Bertz CT molecular complexity index is 903. The molecule has 0 aliphatic carbocycles. The summed E-state index contributed by atoms with van der Waals surface area (Å²) in [5.74, 6) is 2.33. The summed E-state index contributed by atoms with van der Waals surface area (Å²) < 4.78 is 10.9. The van der Waals surface area contributed by atoms with Gasteiger partial charge >= 0.3 is 0 Å². The Morgan fingerprint density at radius 1 is 1.29 bits per heavy atom. The lowest BCUT2D eigenvalue weighted by Gasteiger charge is -2.12. The molecule has 0 aliphatic rings. The Balaban J connectivity index is 1.55. The smallest absolute Gasteiger partial charge is 0.236 e. The van der Waals surface area contributed by atoms with Gasteiger partial charge in [-0.25, -0.2) is 9.98 Å². The molecule has 0 unspecified atom stereocenters. The molecule has 28 heavy (non-hydrogen) atoms. The summed E-state index contributed by atoms with van der Waals surface area (Å²) in [5, 5.41) is 8.64. The van der Waals surface area contributed by atoms with Gasteiger partial charge in [0.05, 0.1) is 18.5 Å². The summed E-state index contributed by atoms with van der Waals surface area (Å²) in [6, 6.07) is 10.3. The zero-order chi connectivity index (χ0) is 19.8. The van der Waals surface area contributed by atoms with Crippen molar-refractivity contribution in [3.8, 4) is 16.5 Å². The second-order valence-electron chi connectivity index (χ2n) is 6.30. The molecular formula is C21H26N4O2S. The molecule has 2 N–H and O–H groups in total. The van der Waals surface area contributed by atoms with Crippen LogP contribution in [0.25, 0.3) is 10.8 Å². The van der Waals surface area contributed by atoms with Gasteiger partial charge < -0.3 is 19.8 Å². The van der Waals surface area contributed by atoms with Crippen LogP contribution in [0.15, 0.2) is 51.4 Å². The van der Waals surface area contributed by atoms with Gasteiger partial charge in [-0.05, 0) is 48.9 Å². The number of aromatic nitrogens is 1. The average molecular weight is 399 g/mol. The number of nitrogens with zero attached hydrogens (tertiary/aromatic N) is 2. The first-order valence-electron chi connectivity index (χ1n) is 9.33. The number of aryl methyl sites for hydroxylation is 1. The molecule has 148 valence electrons. The highest BCUT2D eigenvalue weighted by Crippen LogP contribution is 2.23. The molecule has 0 saturated carbocycles. The van der Waals surface area contributed by atoms with Gasteiger partial charge in [-0.2, -0.15) is 0 Å². The van der Waals surface area contributed by atoms with Crippen LogP contribution in [0.3, 0.4) is 0 Å². The molecule has 0 aliphatic heterocycles. The fraction of sp³-hybridized carbons (Fsp3) is 0.333. The van der Waals surface area contributed by atoms with Crippen molar-refractivity contribution in [2.24, 2.45) is 4.99 Å². The van der Waals surface area contributed by atoms with E-state index in [2.05, 4.69) is 38.8 Å². The van der Waals surface area contributed by atoms with Crippen LogP contribution in [-0.2, 0) is 13.0 Å². The molecule has 0 radical (unpaired) electrons. The van der Waals surface area contributed by atoms with E-state index in [-0.39, 0.29) is 0 Å². The number of benzene rings is 1. The van der Waals surface area contributed by atoms with Crippen LogP contribution in [0.1, 0.15) is 23.7 Å². The third-order valence-corrected chi connectivity index (χ3v) is 5.06. The topological polar surface area (TPSA) is 71.7 Å². The van der Waals surface area contributed by atoms with Gasteiger partial charge in [-0.15, -0.1) is 11.3 Å². The van der Waals surface area contributed by atoms with E-state index in [0.717, 1.165) is 47.4 Å². The normalized spacial score (nSPS) is 11.5. The molecule has 0 amide bonds. The molecule has 1 aromatic carbocycles. The summed E-state index contributed by atoms with van der Waals surface area (Å²) in [6.45, 7) is 6.13. The fourth-order valence-corrected chi connectivity index (χ4v) is 3.40. The van der Waals surface area contributed by atoms with Gasteiger partial charge in [0.15, 0.2) is 5.96 Å². The molecule has 2 heterocycles. The van der Waals surface area contributed by atoms with E-state index in [1.807, 2.05) is 31.4 Å². The number of guanidine groups is 1. The number of hydrogen-bond donors (Lipinski definition) is 2. The van der Waals surface area contributed by atoms with Gasteiger partial charge in [0.1, 0.15) is 17.7 Å².